The lowest BCUT2D eigenvalue weighted by molar-refractivity contribution is -0.123. The molecule has 1 saturated heterocycles. The van der Waals surface area contributed by atoms with Crippen molar-refractivity contribution in [2.24, 2.45) is 0 Å². The van der Waals surface area contributed by atoms with E-state index < -0.39 is 6.04 Å². The highest BCUT2D eigenvalue weighted by molar-refractivity contribution is 7.12. The number of carbonyl (C=O) groups is 2. The summed E-state index contributed by atoms with van der Waals surface area (Å²) in [5.74, 6) is -0.377. The molecule has 1 aliphatic rings. The molecule has 1 fully saturated rings. The molecule has 24 heavy (non-hydrogen) atoms. The molecule has 7 heteroatoms. The van der Waals surface area contributed by atoms with Crippen LogP contribution in [0.3, 0.4) is 0 Å². The van der Waals surface area contributed by atoms with Crippen LogP contribution in [-0.2, 0) is 9.53 Å². The Bertz CT molecular complexity index is 539. The molecule has 0 aromatic carbocycles. The summed E-state index contributed by atoms with van der Waals surface area (Å²) in [6.45, 7) is 10.2. The fourth-order valence-corrected chi connectivity index (χ4v) is 3.48. The number of carbonyl (C=O) groups excluding carboxylic acids is 2. The maximum atomic E-state index is 12.2. The van der Waals surface area contributed by atoms with Crippen LogP contribution >= 0.6 is 11.3 Å². The van der Waals surface area contributed by atoms with Gasteiger partial charge in [0.15, 0.2) is 0 Å². The Morgan fingerprint density at radius 1 is 1.33 bits per heavy atom. The Balaban J connectivity index is 1.76. The minimum atomic E-state index is -0.561. The second-order valence-electron chi connectivity index (χ2n) is 6.48. The van der Waals surface area contributed by atoms with Gasteiger partial charge < -0.3 is 15.4 Å². The summed E-state index contributed by atoms with van der Waals surface area (Å²) in [5, 5.41) is 7.49. The predicted octanol–water partition coefficient (Wildman–Crippen LogP) is 1.48. The topological polar surface area (TPSA) is 70.7 Å². The van der Waals surface area contributed by atoms with Crippen LogP contribution in [0.25, 0.3) is 0 Å². The molecule has 1 aliphatic heterocycles. The highest BCUT2D eigenvalue weighted by atomic mass is 32.1. The number of hydrogen-bond acceptors (Lipinski definition) is 5. The van der Waals surface area contributed by atoms with Crippen molar-refractivity contribution in [3.8, 4) is 0 Å². The summed E-state index contributed by atoms with van der Waals surface area (Å²) in [4.78, 5) is 27.1. The number of nitrogens with zero attached hydrogens (tertiary/aromatic N) is 1. The maximum absolute atomic E-state index is 12.2. The Morgan fingerprint density at radius 2 is 2.00 bits per heavy atom. The second-order valence-corrected chi connectivity index (χ2v) is 7.43. The molecule has 0 radical (unpaired) electrons. The highest BCUT2D eigenvalue weighted by Crippen LogP contribution is 2.13. The molecule has 2 N–H and O–H groups in total. The van der Waals surface area contributed by atoms with Crippen molar-refractivity contribution in [2.75, 3.05) is 19.6 Å². The monoisotopic (exact) mass is 353 g/mol. The molecule has 2 amide bonds. The molecule has 1 aromatic heterocycles. The minimum Gasteiger partial charge on any atom is -0.373 e. The number of rotatable bonds is 6. The van der Waals surface area contributed by atoms with Gasteiger partial charge in [-0.3, -0.25) is 14.5 Å². The van der Waals surface area contributed by atoms with E-state index in [0.29, 0.717) is 11.4 Å². The van der Waals surface area contributed by atoms with Crippen molar-refractivity contribution >= 4 is 23.2 Å². The maximum Gasteiger partial charge on any atom is 0.261 e. The molecule has 2 rings (SSSR count). The van der Waals surface area contributed by atoms with E-state index in [9.17, 15) is 9.59 Å². The van der Waals surface area contributed by atoms with E-state index in [1.165, 1.54) is 11.3 Å². The van der Waals surface area contributed by atoms with Crippen molar-refractivity contribution in [3.63, 3.8) is 0 Å². The SMILES string of the molecule is CC1CN(C(C)CNC(=O)C(C)NC(=O)c2cccs2)CC(C)O1. The van der Waals surface area contributed by atoms with E-state index >= 15 is 0 Å². The largest absolute Gasteiger partial charge is 0.373 e. The van der Waals surface area contributed by atoms with Crippen molar-refractivity contribution < 1.29 is 14.3 Å². The average Bonchev–Trinajstić information content (AvgIpc) is 3.05. The van der Waals surface area contributed by atoms with Gasteiger partial charge in [0.2, 0.25) is 5.91 Å². The van der Waals surface area contributed by atoms with Gasteiger partial charge in [-0.2, -0.15) is 0 Å². The zero-order valence-corrected chi connectivity index (χ0v) is 15.6. The first-order valence-corrected chi connectivity index (χ1v) is 9.26. The molecule has 0 spiro atoms. The first-order valence-electron chi connectivity index (χ1n) is 8.38. The van der Waals surface area contributed by atoms with E-state index in [-0.39, 0.29) is 30.1 Å². The molecular formula is C17H27N3O3S. The van der Waals surface area contributed by atoms with E-state index in [1.54, 1.807) is 13.0 Å². The third kappa shape index (κ3) is 5.29. The van der Waals surface area contributed by atoms with Crippen LogP contribution in [0.1, 0.15) is 37.4 Å². The van der Waals surface area contributed by atoms with Crippen LogP contribution in [0.15, 0.2) is 17.5 Å². The van der Waals surface area contributed by atoms with Crippen molar-refractivity contribution in [1.82, 2.24) is 15.5 Å². The zero-order chi connectivity index (χ0) is 17.7. The Kier molecular flexibility index (Phi) is 6.77. The van der Waals surface area contributed by atoms with Crippen LogP contribution in [0.2, 0.25) is 0 Å². The molecule has 2 heterocycles. The van der Waals surface area contributed by atoms with Crippen molar-refractivity contribution in [1.29, 1.82) is 0 Å². The van der Waals surface area contributed by atoms with Gasteiger partial charge in [-0.15, -0.1) is 11.3 Å². The third-order valence-electron chi connectivity index (χ3n) is 4.13. The predicted molar refractivity (Wildman–Crippen MR) is 95.3 cm³/mol. The Morgan fingerprint density at radius 3 is 2.58 bits per heavy atom. The number of nitrogens with one attached hydrogen (secondary N) is 2. The zero-order valence-electron chi connectivity index (χ0n) is 14.7. The molecule has 0 saturated carbocycles. The fourth-order valence-electron chi connectivity index (χ4n) is 2.85. The van der Waals surface area contributed by atoms with Gasteiger partial charge in [-0.05, 0) is 39.1 Å². The summed E-state index contributed by atoms with van der Waals surface area (Å²) in [5.41, 5.74) is 0. The molecule has 1 aromatic rings. The van der Waals surface area contributed by atoms with Gasteiger partial charge in [0.05, 0.1) is 17.1 Å². The summed E-state index contributed by atoms with van der Waals surface area (Å²) >= 11 is 1.36. The van der Waals surface area contributed by atoms with E-state index in [2.05, 4.69) is 36.3 Å². The van der Waals surface area contributed by atoms with E-state index in [4.69, 9.17) is 4.74 Å². The van der Waals surface area contributed by atoms with Crippen LogP contribution in [0, 0.1) is 0 Å². The molecule has 4 unspecified atom stereocenters. The molecule has 4 atom stereocenters. The molecule has 134 valence electrons. The average molecular weight is 353 g/mol. The number of morpholine rings is 1. The second kappa shape index (κ2) is 8.60. The summed E-state index contributed by atoms with van der Waals surface area (Å²) in [7, 11) is 0. The first kappa shape index (κ1) is 18.9. The van der Waals surface area contributed by atoms with Crippen LogP contribution in [0.4, 0.5) is 0 Å². The van der Waals surface area contributed by atoms with Gasteiger partial charge in [0.25, 0.3) is 5.91 Å². The Labute approximate surface area is 147 Å². The number of amides is 2. The molecule has 6 nitrogen and oxygen atoms in total. The standard InChI is InChI=1S/C17H27N3O3S/c1-11(20-9-12(2)23-13(3)10-20)8-18-16(21)14(4)19-17(22)15-6-5-7-24-15/h5-7,11-14H,8-10H2,1-4H3,(H,18,21)(H,19,22). The first-order chi connectivity index (χ1) is 11.4. The molecule has 0 aliphatic carbocycles. The summed E-state index contributed by atoms with van der Waals surface area (Å²) in [6, 6.07) is 3.22. The van der Waals surface area contributed by atoms with Gasteiger partial charge >= 0.3 is 0 Å². The lowest BCUT2D eigenvalue weighted by Gasteiger charge is -2.39. The normalized spacial score (nSPS) is 24.2. The third-order valence-corrected chi connectivity index (χ3v) is 5.00. The molecule has 0 bridgehead atoms. The Hall–Kier alpha value is -1.44. The number of hydrogen-bond donors (Lipinski definition) is 2. The summed E-state index contributed by atoms with van der Waals surface area (Å²) < 4.78 is 5.73. The van der Waals surface area contributed by atoms with Crippen molar-refractivity contribution in [2.45, 2.75) is 52.0 Å². The number of thiophene rings is 1. The van der Waals surface area contributed by atoms with Crippen LogP contribution in [0.5, 0.6) is 0 Å². The lowest BCUT2D eigenvalue weighted by atomic mass is 10.1. The van der Waals surface area contributed by atoms with Crippen LogP contribution < -0.4 is 10.6 Å². The minimum absolute atomic E-state index is 0.166. The van der Waals surface area contributed by atoms with Gasteiger partial charge in [-0.1, -0.05) is 6.07 Å². The van der Waals surface area contributed by atoms with E-state index in [1.807, 2.05) is 11.4 Å². The highest BCUT2D eigenvalue weighted by Gasteiger charge is 2.26. The van der Waals surface area contributed by atoms with Crippen LogP contribution in [-0.4, -0.2) is 60.6 Å². The summed E-state index contributed by atoms with van der Waals surface area (Å²) in [6.07, 6.45) is 0.409. The van der Waals surface area contributed by atoms with Gasteiger partial charge in [0, 0.05) is 25.7 Å². The van der Waals surface area contributed by atoms with Gasteiger partial charge in [0.1, 0.15) is 6.04 Å². The lowest BCUT2D eigenvalue weighted by Crippen LogP contribution is -2.53. The van der Waals surface area contributed by atoms with Gasteiger partial charge in [-0.25, -0.2) is 0 Å². The molecular weight excluding hydrogens is 326 g/mol. The fraction of sp³-hybridized carbons (Fsp3) is 0.647. The van der Waals surface area contributed by atoms with Crippen molar-refractivity contribution in [3.05, 3.63) is 22.4 Å². The quantitative estimate of drug-likeness (QED) is 0.813. The smallest absolute Gasteiger partial charge is 0.261 e. The van der Waals surface area contributed by atoms with E-state index in [0.717, 1.165) is 13.1 Å². The number of ether oxygens (including phenoxy) is 1.